The van der Waals surface area contributed by atoms with E-state index in [0.29, 0.717) is 12.0 Å². The summed E-state index contributed by atoms with van der Waals surface area (Å²) in [6.07, 6.45) is 4.11. The summed E-state index contributed by atoms with van der Waals surface area (Å²) >= 11 is 0. The summed E-state index contributed by atoms with van der Waals surface area (Å²) in [5.41, 5.74) is 10.2. The lowest BCUT2D eigenvalue weighted by molar-refractivity contribution is 0.451. The highest BCUT2D eigenvalue weighted by Crippen LogP contribution is 2.35. The summed E-state index contributed by atoms with van der Waals surface area (Å²) in [7, 11) is 0. The Morgan fingerprint density at radius 3 is 2.79 bits per heavy atom. The molecule has 1 aliphatic rings. The van der Waals surface area contributed by atoms with E-state index in [-0.39, 0.29) is 6.04 Å². The molecule has 2 atom stereocenters. The fraction of sp³-hybridized carbons (Fsp3) is 0.438. The molecule has 100 valence electrons. The van der Waals surface area contributed by atoms with Crippen molar-refractivity contribution >= 4 is 0 Å². The van der Waals surface area contributed by atoms with E-state index < -0.39 is 0 Å². The van der Waals surface area contributed by atoms with E-state index in [9.17, 15) is 0 Å². The Labute approximate surface area is 114 Å². The summed E-state index contributed by atoms with van der Waals surface area (Å²) in [4.78, 5) is 0. The first kappa shape index (κ1) is 12.4. The molecular formula is C16H21N3. The van der Waals surface area contributed by atoms with E-state index in [1.54, 1.807) is 0 Å². The molecular weight excluding hydrogens is 234 g/mol. The Morgan fingerprint density at radius 1 is 1.32 bits per heavy atom. The Hall–Kier alpha value is -1.61. The molecule has 2 N–H and O–H groups in total. The first-order valence-electron chi connectivity index (χ1n) is 7.02. The van der Waals surface area contributed by atoms with Gasteiger partial charge in [0.05, 0.1) is 5.69 Å². The van der Waals surface area contributed by atoms with Crippen LogP contribution in [0.1, 0.15) is 42.8 Å². The summed E-state index contributed by atoms with van der Waals surface area (Å²) in [6.45, 7) is 4.29. The van der Waals surface area contributed by atoms with E-state index in [4.69, 9.17) is 5.73 Å². The molecule has 0 amide bonds. The van der Waals surface area contributed by atoms with Crippen LogP contribution in [-0.2, 0) is 12.8 Å². The molecule has 0 radical (unpaired) electrons. The van der Waals surface area contributed by atoms with Gasteiger partial charge >= 0.3 is 0 Å². The molecule has 19 heavy (non-hydrogen) atoms. The molecule has 1 aromatic carbocycles. The lowest BCUT2D eigenvalue weighted by Gasteiger charge is -2.14. The van der Waals surface area contributed by atoms with Gasteiger partial charge in [0.1, 0.15) is 0 Å². The minimum Gasteiger partial charge on any atom is -0.324 e. The van der Waals surface area contributed by atoms with Crippen molar-refractivity contribution in [1.29, 1.82) is 0 Å². The topological polar surface area (TPSA) is 43.8 Å². The molecule has 0 saturated heterocycles. The molecule has 1 heterocycles. The van der Waals surface area contributed by atoms with Gasteiger partial charge in [-0.25, -0.2) is 0 Å². The van der Waals surface area contributed by atoms with E-state index >= 15 is 0 Å². The van der Waals surface area contributed by atoms with Crippen LogP contribution in [0.5, 0.6) is 0 Å². The van der Waals surface area contributed by atoms with Gasteiger partial charge in [-0.15, -0.1) is 0 Å². The maximum atomic E-state index is 6.37. The quantitative estimate of drug-likeness (QED) is 0.916. The van der Waals surface area contributed by atoms with Crippen molar-refractivity contribution in [3.8, 4) is 0 Å². The Morgan fingerprint density at radius 2 is 2.11 bits per heavy atom. The van der Waals surface area contributed by atoms with Crippen molar-refractivity contribution in [2.75, 3.05) is 0 Å². The first-order valence-corrected chi connectivity index (χ1v) is 7.02. The standard InChI is InChI=1S/C16H21N3/c1-11(2)19-8-7-14(18-19)10-13-9-12-5-3-4-6-15(12)16(13)17/h3-8,11,13,16H,9-10,17H2,1-2H3. The highest BCUT2D eigenvalue weighted by atomic mass is 15.3. The summed E-state index contributed by atoms with van der Waals surface area (Å²) < 4.78 is 2.02. The van der Waals surface area contributed by atoms with Crippen molar-refractivity contribution in [2.24, 2.45) is 11.7 Å². The third kappa shape index (κ3) is 2.30. The second kappa shape index (κ2) is 4.82. The van der Waals surface area contributed by atoms with Crippen LogP contribution in [0.3, 0.4) is 0 Å². The van der Waals surface area contributed by atoms with Gasteiger partial charge in [-0.05, 0) is 49.8 Å². The van der Waals surface area contributed by atoms with Crippen LogP contribution < -0.4 is 5.73 Å². The van der Waals surface area contributed by atoms with Crippen LogP contribution >= 0.6 is 0 Å². The molecule has 0 saturated carbocycles. The average Bonchev–Trinajstić information content (AvgIpc) is 2.97. The monoisotopic (exact) mass is 255 g/mol. The van der Waals surface area contributed by atoms with Gasteiger partial charge in [0.25, 0.3) is 0 Å². The van der Waals surface area contributed by atoms with Crippen LogP contribution in [0.2, 0.25) is 0 Å². The van der Waals surface area contributed by atoms with Crippen LogP contribution in [0, 0.1) is 5.92 Å². The lowest BCUT2D eigenvalue weighted by Crippen LogP contribution is -2.19. The van der Waals surface area contributed by atoms with Crippen molar-refractivity contribution in [3.05, 3.63) is 53.3 Å². The minimum absolute atomic E-state index is 0.153. The second-order valence-electron chi connectivity index (χ2n) is 5.77. The van der Waals surface area contributed by atoms with Gasteiger partial charge < -0.3 is 5.73 Å². The highest BCUT2D eigenvalue weighted by molar-refractivity contribution is 5.35. The molecule has 3 heteroatoms. The van der Waals surface area contributed by atoms with Crippen LogP contribution in [0.25, 0.3) is 0 Å². The third-order valence-electron chi connectivity index (χ3n) is 4.07. The molecule has 3 nitrogen and oxygen atoms in total. The predicted octanol–water partition coefficient (Wildman–Crippen LogP) is 2.88. The summed E-state index contributed by atoms with van der Waals surface area (Å²) in [5, 5.41) is 4.63. The SMILES string of the molecule is CC(C)n1ccc(CC2Cc3ccccc3C2N)n1. The number of nitrogens with two attached hydrogens (primary N) is 1. The zero-order valence-corrected chi connectivity index (χ0v) is 11.6. The Bertz CT molecular complexity index is 571. The molecule has 0 bridgehead atoms. The number of aromatic nitrogens is 2. The van der Waals surface area contributed by atoms with E-state index in [2.05, 4.69) is 55.5 Å². The number of hydrogen-bond acceptors (Lipinski definition) is 2. The maximum Gasteiger partial charge on any atom is 0.0628 e. The fourth-order valence-electron chi connectivity index (χ4n) is 2.95. The van der Waals surface area contributed by atoms with Gasteiger partial charge in [-0.2, -0.15) is 5.10 Å². The fourth-order valence-corrected chi connectivity index (χ4v) is 2.95. The molecule has 1 aliphatic carbocycles. The van der Waals surface area contributed by atoms with Gasteiger partial charge in [0.15, 0.2) is 0 Å². The normalized spacial score (nSPS) is 21.9. The number of hydrogen-bond donors (Lipinski definition) is 1. The van der Waals surface area contributed by atoms with Crippen molar-refractivity contribution in [1.82, 2.24) is 9.78 Å². The molecule has 0 fully saturated rings. The number of benzene rings is 1. The zero-order valence-electron chi connectivity index (χ0n) is 11.6. The highest BCUT2D eigenvalue weighted by Gasteiger charge is 2.29. The molecule has 2 aromatic rings. The number of rotatable bonds is 3. The van der Waals surface area contributed by atoms with Crippen LogP contribution in [-0.4, -0.2) is 9.78 Å². The molecule has 2 unspecified atom stereocenters. The van der Waals surface area contributed by atoms with Crippen LogP contribution in [0.4, 0.5) is 0 Å². The molecule has 0 aliphatic heterocycles. The lowest BCUT2D eigenvalue weighted by atomic mass is 9.96. The van der Waals surface area contributed by atoms with Crippen molar-refractivity contribution < 1.29 is 0 Å². The van der Waals surface area contributed by atoms with E-state index in [1.807, 2.05) is 4.68 Å². The van der Waals surface area contributed by atoms with Crippen molar-refractivity contribution in [3.63, 3.8) is 0 Å². The smallest absolute Gasteiger partial charge is 0.0628 e. The van der Waals surface area contributed by atoms with Crippen LogP contribution in [0.15, 0.2) is 36.5 Å². The molecule has 1 aromatic heterocycles. The van der Waals surface area contributed by atoms with Gasteiger partial charge in [0.2, 0.25) is 0 Å². The predicted molar refractivity (Wildman–Crippen MR) is 76.9 cm³/mol. The van der Waals surface area contributed by atoms with Gasteiger partial charge in [0, 0.05) is 18.3 Å². The first-order chi connectivity index (χ1) is 9.15. The zero-order chi connectivity index (χ0) is 13.4. The maximum absolute atomic E-state index is 6.37. The van der Waals surface area contributed by atoms with Crippen molar-refractivity contribution in [2.45, 2.75) is 38.8 Å². The number of fused-ring (bicyclic) bond motifs is 1. The number of nitrogens with zero attached hydrogens (tertiary/aromatic N) is 2. The Balaban J connectivity index is 1.75. The Kier molecular flexibility index (Phi) is 3.15. The largest absolute Gasteiger partial charge is 0.324 e. The summed E-state index contributed by atoms with van der Waals surface area (Å²) in [5.74, 6) is 0.480. The molecule has 3 rings (SSSR count). The summed E-state index contributed by atoms with van der Waals surface area (Å²) in [6, 6.07) is 11.2. The average molecular weight is 255 g/mol. The third-order valence-corrected chi connectivity index (χ3v) is 4.07. The second-order valence-corrected chi connectivity index (χ2v) is 5.77. The molecule has 0 spiro atoms. The van der Waals surface area contributed by atoms with Gasteiger partial charge in [-0.1, -0.05) is 24.3 Å². The van der Waals surface area contributed by atoms with Gasteiger partial charge in [-0.3, -0.25) is 4.68 Å². The van der Waals surface area contributed by atoms with E-state index in [1.165, 1.54) is 11.1 Å². The minimum atomic E-state index is 0.153. The van der Waals surface area contributed by atoms with E-state index in [0.717, 1.165) is 18.5 Å².